The van der Waals surface area contributed by atoms with Crippen molar-refractivity contribution < 1.29 is 18.7 Å². The summed E-state index contributed by atoms with van der Waals surface area (Å²) >= 11 is 0. The third kappa shape index (κ3) is 2.42. The van der Waals surface area contributed by atoms with Crippen molar-refractivity contribution in [3.05, 3.63) is 0 Å². The van der Waals surface area contributed by atoms with Crippen molar-refractivity contribution in [2.75, 3.05) is 19.7 Å². The van der Waals surface area contributed by atoms with E-state index in [-0.39, 0.29) is 30.8 Å². The summed E-state index contributed by atoms with van der Waals surface area (Å²) < 4.78 is 26.7. The SMILES string of the molecule is NC(=O)C1CC(N2CCC(F)(F)C(CO)C2)C1. The third-order valence-electron chi connectivity index (χ3n) is 4.04. The number of carbonyl (C=O) groups is 1. The molecule has 1 saturated heterocycles. The monoisotopic (exact) mass is 248 g/mol. The number of rotatable bonds is 3. The molecule has 1 saturated carbocycles. The second kappa shape index (κ2) is 4.49. The van der Waals surface area contributed by atoms with Gasteiger partial charge in [-0.15, -0.1) is 0 Å². The van der Waals surface area contributed by atoms with E-state index in [1.54, 1.807) is 0 Å². The van der Waals surface area contributed by atoms with Crippen LogP contribution in [0.5, 0.6) is 0 Å². The highest BCUT2D eigenvalue weighted by atomic mass is 19.3. The molecular weight excluding hydrogens is 230 g/mol. The van der Waals surface area contributed by atoms with Gasteiger partial charge in [-0.1, -0.05) is 0 Å². The van der Waals surface area contributed by atoms with E-state index in [9.17, 15) is 13.6 Å². The molecule has 0 aromatic carbocycles. The minimum absolute atomic E-state index is 0.102. The first-order valence-corrected chi connectivity index (χ1v) is 5.96. The van der Waals surface area contributed by atoms with Gasteiger partial charge < -0.3 is 10.8 Å². The molecule has 17 heavy (non-hydrogen) atoms. The summed E-state index contributed by atoms with van der Waals surface area (Å²) in [5.74, 6) is -4.15. The van der Waals surface area contributed by atoms with E-state index in [0.717, 1.165) is 0 Å². The predicted molar refractivity (Wildman–Crippen MR) is 57.4 cm³/mol. The Kier molecular flexibility index (Phi) is 3.36. The number of piperidine rings is 1. The van der Waals surface area contributed by atoms with E-state index in [1.807, 2.05) is 4.90 Å². The number of aliphatic hydroxyl groups is 1. The maximum Gasteiger partial charge on any atom is 0.255 e. The fourth-order valence-electron chi connectivity index (χ4n) is 2.65. The maximum absolute atomic E-state index is 13.4. The molecule has 1 aliphatic heterocycles. The second-order valence-electron chi connectivity index (χ2n) is 5.11. The molecule has 0 aromatic heterocycles. The second-order valence-corrected chi connectivity index (χ2v) is 5.11. The number of likely N-dealkylation sites (tertiary alicyclic amines) is 1. The van der Waals surface area contributed by atoms with Crippen LogP contribution in [0.4, 0.5) is 8.78 Å². The lowest BCUT2D eigenvalue weighted by atomic mass is 9.77. The van der Waals surface area contributed by atoms with Gasteiger partial charge in [-0.3, -0.25) is 9.69 Å². The van der Waals surface area contributed by atoms with Crippen LogP contribution in [0.3, 0.4) is 0 Å². The van der Waals surface area contributed by atoms with Gasteiger partial charge >= 0.3 is 0 Å². The largest absolute Gasteiger partial charge is 0.396 e. The normalized spacial score (nSPS) is 37.5. The van der Waals surface area contributed by atoms with Gasteiger partial charge in [0.25, 0.3) is 5.92 Å². The van der Waals surface area contributed by atoms with Gasteiger partial charge in [0, 0.05) is 31.5 Å². The zero-order valence-corrected chi connectivity index (χ0v) is 9.61. The molecule has 4 nitrogen and oxygen atoms in total. The predicted octanol–water partition coefficient (Wildman–Crippen LogP) is 0.200. The lowest BCUT2D eigenvalue weighted by Gasteiger charge is -2.46. The van der Waals surface area contributed by atoms with Crippen molar-refractivity contribution in [1.29, 1.82) is 0 Å². The smallest absolute Gasteiger partial charge is 0.255 e. The van der Waals surface area contributed by atoms with Crippen LogP contribution in [0.2, 0.25) is 0 Å². The highest BCUT2D eigenvalue weighted by Crippen LogP contribution is 2.38. The number of aliphatic hydroxyl groups excluding tert-OH is 1. The number of hydrogen-bond acceptors (Lipinski definition) is 3. The zero-order chi connectivity index (χ0) is 12.6. The Morgan fingerprint density at radius 2 is 2.12 bits per heavy atom. The number of nitrogens with two attached hydrogens (primary N) is 1. The van der Waals surface area contributed by atoms with Gasteiger partial charge in [0.15, 0.2) is 0 Å². The van der Waals surface area contributed by atoms with E-state index in [0.29, 0.717) is 19.4 Å². The third-order valence-corrected chi connectivity index (χ3v) is 4.04. The molecule has 0 spiro atoms. The Morgan fingerprint density at radius 1 is 1.47 bits per heavy atom. The van der Waals surface area contributed by atoms with Crippen LogP contribution < -0.4 is 5.73 Å². The molecular formula is C11H18F2N2O2. The van der Waals surface area contributed by atoms with E-state index in [4.69, 9.17) is 10.8 Å². The lowest BCUT2D eigenvalue weighted by molar-refractivity contribution is -0.141. The summed E-state index contributed by atoms with van der Waals surface area (Å²) in [7, 11) is 0. The van der Waals surface area contributed by atoms with E-state index in [2.05, 4.69) is 0 Å². The van der Waals surface area contributed by atoms with Crippen LogP contribution in [0.25, 0.3) is 0 Å². The molecule has 1 heterocycles. The molecule has 6 heteroatoms. The number of primary amides is 1. The fourth-order valence-corrected chi connectivity index (χ4v) is 2.65. The molecule has 1 atom stereocenters. The summed E-state index contributed by atoms with van der Waals surface area (Å²) in [6.07, 6.45) is 1.12. The molecule has 2 rings (SSSR count). The summed E-state index contributed by atoms with van der Waals surface area (Å²) in [6, 6.07) is 0.178. The molecule has 2 fully saturated rings. The van der Waals surface area contributed by atoms with Crippen molar-refractivity contribution in [2.45, 2.75) is 31.2 Å². The first-order valence-electron chi connectivity index (χ1n) is 5.96. The van der Waals surface area contributed by atoms with Gasteiger partial charge in [-0.05, 0) is 12.8 Å². The van der Waals surface area contributed by atoms with Crippen molar-refractivity contribution in [3.63, 3.8) is 0 Å². The quantitative estimate of drug-likeness (QED) is 0.749. The Morgan fingerprint density at radius 3 is 2.65 bits per heavy atom. The van der Waals surface area contributed by atoms with Gasteiger partial charge in [0.1, 0.15) is 0 Å². The Bertz CT molecular complexity index is 306. The molecule has 2 aliphatic rings. The van der Waals surface area contributed by atoms with Gasteiger partial charge in [-0.2, -0.15) is 0 Å². The minimum atomic E-state index is -2.77. The fraction of sp³-hybridized carbons (Fsp3) is 0.909. The van der Waals surface area contributed by atoms with Crippen LogP contribution in [0.1, 0.15) is 19.3 Å². The van der Waals surface area contributed by atoms with Crippen molar-refractivity contribution in [2.24, 2.45) is 17.6 Å². The highest BCUT2D eigenvalue weighted by molar-refractivity contribution is 5.77. The van der Waals surface area contributed by atoms with Gasteiger partial charge in [0.05, 0.1) is 12.5 Å². The topological polar surface area (TPSA) is 66.6 Å². The Balaban J connectivity index is 1.87. The van der Waals surface area contributed by atoms with Gasteiger partial charge in [-0.25, -0.2) is 8.78 Å². The number of amides is 1. The van der Waals surface area contributed by atoms with Gasteiger partial charge in [0.2, 0.25) is 5.91 Å². The molecule has 1 unspecified atom stereocenters. The van der Waals surface area contributed by atoms with E-state index < -0.39 is 18.4 Å². The Labute approximate surface area is 98.8 Å². The number of carbonyl (C=O) groups excluding carboxylic acids is 1. The zero-order valence-electron chi connectivity index (χ0n) is 9.61. The van der Waals surface area contributed by atoms with Crippen LogP contribution in [-0.2, 0) is 4.79 Å². The average Bonchev–Trinajstić information content (AvgIpc) is 2.17. The number of halogens is 2. The van der Waals surface area contributed by atoms with Crippen LogP contribution in [-0.4, -0.2) is 47.6 Å². The van der Waals surface area contributed by atoms with Crippen LogP contribution in [0, 0.1) is 11.8 Å². The summed E-state index contributed by atoms with van der Waals surface area (Å²) in [4.78, 5) is 12.8. The summed E-state index contributed by atoms with van der Waals surface area (Å²) in [5.41, 5.74) is 5.17. The van der Waals surface area contributed by atoms with Crippen molar-refractivity contribution in [3.8, 4) is 0 Å². The number of alkyl halides is 2. The molecule has 3 N–H and O–H groups in total. The first-order chi connectivity index (χ1) is 7.94. The first kappa shape index (κ1) is 12.7. The maximum atomic E-state index is 13.4. The lowest BCUT2D eigenvalue weighted by Crippen LogP contribution is -2.56. The number of nitrogens with zero attached hydrogens (tertiary/aromatic N) is 1. The van der Waals surface area contributed by atoms with E-state index >= 15 is 0 Å². The van der Waals surface area contributed by atoms with Crippen molar-refractivity contribution in [1.82, 2.24) is 4.90 Å². The molecule has 1 aliphatic carbocycles. The average molecular weight is 248 g/mol. The molecule has 98 valence electrons. The molecule has 1 amide bonds. The van der Waals surface area contributed by atoms with Crippen LogP contribution in [0.15, 0.2) is 0 Å². The van der Waals surface area contributed by atoms with Crippen molar-refractivity contribution >= 4 is 5.91 Å². The molecule has 0 aromatic rings. The number of hydrogen-bond donors (Lipinski definition) is 2. The Hall–Kier alpha value is -0.750. The molecule has 0 bridgehead atoms. The minimum Gasteiger partial charge on any atom is -0.396 e. The molecule has 0 radical (unpaired) electrons. The van der Waals surface area contributed by atoms with Crippen LogP contribution >= 0.6 is 0 Å². The van der Waals surface area contributed by atoms with E-state index in [1.165, 1.54) is 0 Å². The summed E-state index contributed by atoms with van der Waals surface area (Å²) in [5, 5.41) is 8.98. The standard InChI is InChI=1S/C11H18F2N2O2/c12-11(13)1-2-15(5-8(11)6-16)9-3-7(4-9)10(14)17/h7-9,16H,1-6H2,(H2,14,17). The summed E-state index contributed by atoms with van der Waals surface area (Å²) in [6.45, 7) is 0.0504. The highest BCUT2D eigenvalue weighted by Gasteiger charge is 2.47.